The van der Waals surface area contributed by atoms with Gasteiger partial charge in [0.1, 0.15) is 11.5 Å². The Hall–Kier alpha value is -1.20. The summed E-state index contributed by atoms with van der Waals surface area (Å²) in [5.74, 6) is -1.14. The van der Waals surface area contributed by atoms with Gasteiger partial charge in [0.05, 0.1) is 0 Å². The van der Waals surface area contributed by atoms with Gasteiger partial charge in [0.15, 0.2) is 19.7 Å². The van der Waals surface area contributed by atoms with Crippen molar-refractivity contribution in [2.75, 3.05) is 0 Å². The molecular weight excluding hydrogens is 272 g/mol. The summed E-state index contributed by atoms with van der Waals surface area (Å²) in [7, 11) is -2.06. The zero-order valence-corrected chi connectivity index (χ0v) is 13.8. The molecule has 1 heterocycles. The van der Waals surface area contributed by atoms with Gasteiger partial charge in [-0.1, -0.05) is 11.6 Å². The van der Waals surface area contributed by atoms with Crippen molar-refractivity contribution in [3.05, 3.63) is 24.3 Å². The molecule has 2 rings (SSSR count). The second kappa shape index (κ2) is 4.40. The summed E-state index contributed by atoms with van der Waals surface area (Å²) in [5.41, 5.74) is -1.47. The fraction of sp³-hybridized carbons (Fsp3) is 0.600. The third-order valence-corrected chi connectivity index (χ3v) is 4.87. The molecule has 110 valence electrons. The summed E-state index contributed by atoms with van der Waals surface area (Å²) < 4.78 is 11.8. The van der Waals surface area contributed by atoms with Crippen molar-refractivity contribution in [2.24, 2.45) is 5.92 Å². The SMILES string of the molecule is C=CC[C@@]1(C)OC(=O)[C@H]2C(C)=CC(=O)[C@]21O[Si](C)(C)C. The van der Waals surface area contributed by atoms with Crippen LogP contribution >= 0.6 is 0 Å². The Labute approximate surface area is 121 Å². The Kier molecular flexibility index (Phi) is 3.34. The summed E-state index contributed by atoms with van der Waals surface area (Å²) in [6, 6.07) is 0. The van der Waals surface area contributed by atoms with E-state index in [4.69, 9.17) is 9.16 Å². The summed E-state index contributed by atoms with van der Waals surface area (Å²) in [4.78, 5) is 24.9. The van der Waals surface area contributed by atoms with E-state index in [0.717, 1.165) is 5.57 Å². The van der Waals surface area contributed by atoms with Gasteiger partial charge in [0.2, 0.25) is 0 Å². The van der Waals surface area contributed by atoms with Gasteiger partial charge < -0.3 is 9.16 Å². The molecule has 0 saturated carbocycles. The highest BCUT2D eigenvalue weighted by molar-refractivity contribution is 6.70. The molecule has 0 aromatic carbocycles. The van der Waals surface area contributed by atoms with Crippen LogP contribution < -0.4 is 0 Å². The Morgan fingerprint density at radius 2 is 2.05 bits per heavy atom. The zero-order valence-electron chi connectivity index (χ0n) is 12.8. The molecule has 5 heteroatoms. The highest BCUT2D eigenvalue weighted by Gasteiger charge is 2.71. The second-order valence-corrected chi connectivity index (χ2v) is 11.2. The molecule has 0 N–H and O–H groups in total. The molecule has 1 aliphatic carbocycles. The van der Waals surface area contributed by atoms with Gasteiger partial charge in [-0.3, -0.25) is 9.59 Å². The minimum atomic E-state index is -2.06. The number of carbonyl (C=O) groups excluding carboxylic acids is 2. The van der Waals surface area contributed by atoms with Crippen molar-refractivity contribution >= 4 is 20.1 Å². The van der Waals surface area contributed by atoms with Gasteiger partial charge in [-0.05, 0) is 39.6 Å². The maximum absolute atomic E-state index is 12.7. The average Bonchev–Trinajstić information content (AvgIpc) is 2.60. The first kappa shape index (κ1) is 15.2. The van der Waals surface area contributed by atoms with Crippen LogP contribution in [0.15, 0.2) is 24.3 Å². The molecule has 1 saturated heterocycles. The monoisotopic (exact) mass is 294 g/mol. The number of hydrogen-bond donors (Lipinski definition) is 0. The predicted molar refractivity (Wildman–Crippen MR) is 78.7 cm³/mol. The average molecular weight is 294 g/mol. The molecule has 20 heavy (non-hydrogen) atoms. The minimum Gasteiger partial charge on any atom is -0.455 e. The Balaban J connectivity index is 2.61. The third-order valence-electron chi connectivity index (χ3n) is 3.93. The topological polar surface area (TPSA) is 52.6 Å². The van der Waals surface area contributed by atoms with Crippen molar-refractivity contribution in [1.29, 1.82) is 0 Å². The Bertz CT molecular complexity index is 516. The first-order valence-corrected chi connectivity index (χ1v) is 10.2. The van der Waals surface area contributed by atoms with Crippen LogP contribution in [0.1, 0.15) is 20.3 Å². The van der Waals surface area contributed by atoms with Crippen LogP contribution in [0, 0.1) is 5.92 Å². The first-order valence-electron chi connectivity index (χ1n) is 6.84. The van der Waals surface area contributed by atoms with E-state index < -0.39 is 25.4 Å². The summed E-state index contributed by atoms with van der Waals surface area (Å²) in [5, 5.41) is 0. The quantitative estimate of drug-likeness (QED) is 0.454. The molecule has 1 fully saturated rings. The fourth-order valence-electron chi connectivity index (χ4n) is 3.30. The molecule has 0 spiro atoms. The maximum Gasteiger partial charge on any atom is 0.317 e. The minimum absolute atomic E-state index is 0.155. The Morgan fingerprint density at radius 1 is 1.45 bits per heavy atom. The first-order chi connectivity index (χ1) is 9.07. The van der Waals surface area contributed by atoms with E-state index in [9.17, 15) is 9.59 Å². The zero-order chi connectivity index (χ0) is 15.3. The summed E-state index contributed by atoms with van der Waals surface area (Å²) >= 11 is 0. The number of carbonyl (C=O) groups is 2. The second-order valence-electron chi connectivity index (χ2n) is 6.78. The molecule has 3 atom stereocenters. The maximum atomic E-state index is 12.7. The lowest BCUT2D eigenvalue weighted by Crippen LogP contribution is -2.61. The van der Waals surface area contributed by atoms with Gasteiger partial charge >= 0.3 is 5.97 Å². The largest absolute Gasteiger partial charge is 0.455 e. The number of fused-ring (bicyclic) bond motifs is 1. The van der Waals surface area contributed by atoms with E-state index >= 15 is 0 Å². The van der Waals surface area contributed by atoms with Crippen LogP contribution in [-0.4, -0.2) is 31.3 Å². The molecule has 0 radical (unpaired) electrons. The van der Waals surface area contributed by atoms with E-state index in [2.05, 4.69) is 6.58 Å². The third kappa shape index (κ3) is 1.91. The fourth-order valence-corrected chi connectivity index (χ4v) is 4.70. The lowest BCUT2D eigenvalue weighted by atomic mass is 9.75. The highest BCUT2D eigenvalue weighted by Crippen LogP contribution is 2.53. The molecule has 0 aromatic heterocycles. The van der Waals surface area contributed by atoms with Crippen molar-refractivity contribution < 1.29 is 18.8 Å². The van der Waals surface area contributed by atoms with Crippen molar-refractivity contribution in [3.63, 3.8) is 0 Å². The lowest BCUT2D eigenvalue weighted by Gasteiger charge is -2.42. The van der Waals surface area contributed by atoms with E-state index in [1.165, 1.54) is 6.08 Å². The van der Waals surface area contributed by atoms with Crippen LogP contribution in [0.25, 0.3) is 0 Å². The van der Waals surface area contributed by atoms with Gasteiger partial charge in [-0.15, -0.1) is 6.58 Å². The van der Waals surface area contributed by atoms with Gasteiger partial charge in [-0.25, -0.2) is 0 Å². The van der Waals surface area contributed by atoms with Gasteiger partial charge in [0.25, 0.3) is 0 Å². The molecule has 0 bridgehead atoms. The molecule has 2 aliphatic rings. The number of cyclic esters (lactones) is 1. The van der Waals surface area contributed by atoms with E-state index in [1.54, 1.807) is 19.9 Å². The van der Waals surface area contributed by atoms with E-state index in [0.29, 0.717) is 6.42 Å². The van der Waals surface area contributed by atoms with Crippen LogP contribution in [0.5, 0.6) is 0 Å². The number of esters is 1. The molecule has 0 aromatic rings. The van der Waals surface area contributed by atoms with Crippen molar-refractivity contribution in [1.82, 2.24) is 0 Å². The normalized spacial score (nSPS) is 36.6. The number of rotatable bonds is 4. The molecule has 0 unspecified atom stereocenters. The smallest absolute Gasteiger partial charge is 0.317 e. The lowest BCUT2D eigenvalue weighted by molar-refractivity contribution is -0.157. The Morgan fingerprint density at radius 3 is 2.55 bits per heavy atom. The highest BCUT2D eigenvalue weighted by atomic mass is 28.4. The van der Waals surface area contributed by atoms with Gasteiger partial charge in [0, 0.05) is 6.42 Å². The van der Waals surface area contributed by atoms with Crippen LogP contribution in [-0.2, 0) is 18.8 Å². The molecule has 1 aliphatic heterocycles. The van der Waals surface area contributed by atoms with Crippen molar-refractivity contribution in [3.8, 4) is 0 Å². The van der Waals surface area contributed by atoms with E-state index in [-0.39, 0.29) is 11.8 Å². The number of ketones is 1. The molecule has 0 amide bonds. The predicted octanol–water partition coefficient (Wildman–Crippen LogP) is 2.61. The summed E-state index contributed by atoms with van der Waals surface area (Å²) in [6.07, 6.45) is 3.60. The van der Waals surface area contributed by atoms with Crippen LogP contribution in [0.3, 0.4) is 0 Å². The van der Waals surface area contributed by atoms with Crippen LogP contribution in [0.2, 0.25) is 19.6 Å². The summed E-state index contributed by atoms with van der Waals surface area (Å²) in [6.45, 7) is 13.3. The van der Waals surface area contributed by atoms with Crippen LogP contribution in [0.4, 0.5) is 0 Å². The molecule has 4 nitrogen and oxygen atoms in total. The van der Waals surface area contributed by atoms with Gasteiger partial charge in [-0.2, -0.15) is 0 Å². The molecular formula is C15H22O4Si. The van der Waals surface area contributed by atoms with Crippen molar-refractivity contribution in [2.45, 2.75) is 51.1 Å². The standard InChI is InChI=1S/C15H22O4Si/c1-7-8-14(3)15(19-20(4,5)6)11(16)9-10(2)12(15)13(17)18-14/h7,9,12H,1,8H2,2-6H3/t12-,14-,15+/m1/s1. The van der Waals surface area contributed by atoms with E-state index in [1.807, 2.05) is 19.6 Å². The number of hydrogen-bond acceptors (Lipinski definition) is 4. The number of ether oxygens (including phenoxy) is 1.